The summed E-state index contributed by atoms with van der Waals surface area (Å²) in [6.07, 6.45) is 4.27. The molecule has 2 fully saturated rings. The molecule has 2 N–H and O–H groups in total. The molecule has 1 heterocycles. The number of benzene rings is 1. The Labute approximate surface area is 124 Å². The second kappa shape index (κ2) is 6.43. The van der Waals surface area contributed by atoms with Crippen LogP contribution in [-0.2, 0) is 4.74 Å². The molecule has 0 bridgehead atoms. The van der Waals surface area contributed by atoms with Gasteiger partial charge in [0.2, 0.25) is 0 Å². The maximum atomic E-state index is 13.1. The summed E-state index contributed by atoms with van der Waals surface area (Å²) in [6, 6.07) is 5.85. The maximum Gasteiger partial charge on any atom is 0.315 e. The standard InChI is InChI=1S/C16H21FN2O2/c17-13-7-5-12(6-8-13)15(14-2-1-9-21-14)19-16(20)18-10-11-3-4-11/h5-8,11,14-15H,1-4,9-10H2,(H2,18,19,20)/t14-,15-/m0/s1. The summed E-state index contributed by atoms with van der Waals surface area (Å²) >= 11 is 0. The fourth-order valence-electron chi connectivity index (χ4n) is 2.68. The summed E-state index contributed by atoms with van der Waals surface area (Å²) in [6.45, 7) is 1.45. The second-order valence-electron chi connectivity index (χ2n) is 5.88. The monoisotopic (exact) mass is 292 g/mol. The van der Waals surface area contributed by atoms with Gasteiger partial charge in [-0.1, -0.05) is 12.1 Å². The molecule has 1 aromatic rings. The van der Waals surface area contributed by atoms with Crippen LogP contribution in [0.1, 0.15) is 37.3 Å². The number of halogens is 1. The quantitative estimate of drug-likeness (QED) is 0.876. The van der Waals surface area contributed by atoms with E-state index >= 15 is 0 Å². The lowest BCUT2D eigenvalue weighted by atomic mass is 9.99. The molecule has 1 aliphatic carbocycles. The van der Waals surface area contributed by atoms with Crippen molar-refractivity contribution in [3.05, 3.63) is 35.6 Å². The summed E-state index contributed by atoms with van der Waals surface area (Å²) in [5.74, 6) is 0.366. The van der Waals surface area contributed by atoms with Gasteiger partial charge >= 0.3 is 6.03 Å². The highest BCUT2D eigenvalue weighted by Crippen LogP contribution is 2.28. The number of carbonyl (C=O) groups is 1. The van der Waals surface area contributed by atoms with Gasteiger partial charge in [0.15, 0.2) is 0 Å². The first-order chi connectivity index (χ1) is 10.2. The molecule has 114 valence electrons. The highest BCUT2D eigenvalue weighted by Gasteiger charge is 2.29. The predicted octanol–water partition coefficient (Wildman–Crippen LogP) is 2.76. The Morgan fingerprint density at radius 1 is 1.29 bits per heavy atom. The lowest BCUT2D eigenvalue weighted by molar-refractivity contribution is 0.0807. The van der Waals surface area contributed by atoms with E-state index in [4.69, 9.17) is 4.74 Å². The number of carbonyl (C=O) groups excluding carboxylic acids is 1. The predicted molar refractivity (Wildman–Crippen MR) is 77.4 cm³/mol. The van der Waals surface area contributed by atoms with Crippen molar-refractivity contribution in [2.24, 2.45) is 5.92 Å². The molecule has 1 aliphatic heterocycles. The molecule has 0 radical (unpaired) electrons. The van der Waals surface area contributed by atoms with Crippen LogP contribution in [0.25, 0.3) is 0 Å². The zero-order chi connectivity index (χ0) is 14.7. The molecule has 0 spiro atoms. The van der Waals surface area contributed by atoms with Gasteiger partial charge in [-0.05, 0) is 49.3 Å². The van der Waals surface area contributed by atoms with Gasteiger partial charge < -0.3 is 15.4 Å². The summed E-state index contributed by atoms with van der Waals surface area (Å²) in [4.78, 5) is 12.0. The molecule has 3 rings (SSSR count). The molecule has 4 nitrogen and oxygen atoms in total. The van der Waals surface area contributed by atoms with Crippen molar-refractivity contribution in [1.29, 1.82) is 0 Å². The van der Waals surface area contributed by atoms with Crippen LogP contribution in [0, 0.1) is 11.7 Å². The van der Waals surface area contributed by atoms with E-state index in [0.29, 0.717) is 12.5 Å². The van der Waals surface area contributed by atoms with E-state index in [1.807, 2.05) is 0 Å². The van der Waals surface area contributed by atoms with E-state index in [1.54, 1.807) is 12.1 Å². The molecule has 5 heteroatoms. The molecule has 1 saturated carbocycles. The first-order valence-electron chi connectivity index (χ1n) is 7.64. The number of rotatable bonds is 5. The van der Waals surface area contributed by atoms with Crippen LogP contribution in [0.4, 0.5) is 9.18 Å². The molecular weight excluding hydrogens is 271 g/mol. The first-order valence-corrected chi connectivity index (χ1v) is 7.64. The average molecular weight is 292 g/mol. The first kappa shape index (κ1) is 14.3. The third-order valence-corrected chi connectivity index (χ3v) is 4.10. The van der Waals surface area contributed by atoms with Gasteiger partial charge in [-0.2, -0.15) is 0 Å². The summed E-state index contributed by atoms with van der Waals surface area (Å²) in [5, 5.41) is 5.88. The second-order valence-corrected chi connectivity index (χ2v) is 5.88. The maximum absolute atomic E-state index is 13.1. The van der Waals surface area contributed by atoms with Crippen molar-refractivity contribution in [2.45, 2.75) is 37.8 Å². The Kier molecular flexibility index (Phi) is 4.39. The molecule has 2 atom stereocenters. The van der Waals surface area contributed by atoms with E-state index in [1.165, 1.54) is 25.0 Å². The SMILES string of the molecule is O=C(NCC1CC1)N[C@@H](c1ccc(F)cc1)[C@@H]1CCCO1. The van der Waals surface area contributed by atoms with Gasteiger partial charge in [-0.15, -0.1) is 0 Å². The van der Waals surface area contributed by atoms with Crippen molar-refractivity contribution in [3.63, 3.8) is 0 Å². The Hall–Kier alpha value is -1.62. The lowest BCUT2D eigenvalue weighted by Gasteiger charge is -2.25. The van der Waals surface area contributed by atoms with Gasteiger partial charge in [0.1, 0.15) is 5.82 Å². The van der Waals surface area contributed by atoms with E-state index in [2.05, 4.69) is 10.6 Å². The third kappa shape index (κ3) is 3.94. The van der Waals surface area contributed by atoms with Crippen LogP contribution in [0.15, 0.2) is 24.3 Å². The zero-order valence-corrected chi connectivity index (χ0v) is 12.0. The summed E-state index contributed by atoms with van der Waals surface area (Å²) in [7, 11) is 0. The van der Waals surface area contributed by atoms with Crippen LogP contribution in [0.2, 0.25) is 0 Å². The normalized spacial score (nSPS) is 22.8. The minimum absolute atomic E-state index is 0.0397. The number of amides is 2. The van der Waals surface area contributed by atoms with Gasteiger partial charge in [-0.25, -0.2) is 9.18 Å². The van der Waals surface area contributed by atoms with E-state index in [9.17, 15) is 9.18 Å². The molecular formula is C16H21FN2O2. The topological polar surface area (TPSA) is 50.4 Å². The third-order valence-electron chi connectivity index (χ3n) is 4.10. The van der Waals surface area contributed by atoms with Gasteiger partial charge in [-0.3, -0.25) is 0 Å². The minimum Gasteiger partial charge on any atom is -0.376 e. The molecule has 2 amide bonds. The molecule has 1 saturated heterocycles. The number of hydrogen-bond donors (Lipinski definition) is 2. The average Bonchev–Trinajstić information content (AvgIpc) is 3.16. The zero-order valence-electron chi connectivity index (χ0n) is 12.0. The number of hydrogen-bond acceptors (Lipinski definition) is 2. The fourth-order valence-corrected chi connectivity index (χ4v) is 2.68. The van der Waals surface area contributed by atoms with Crippen molar-refractivity contribution < 1.29 is 13.9 Å². The smallest absolute Gasteiger partial charge is 0.315 e. The van der Waals surface area contributed by atoms with Crippen LogP contribution in [0.5, 0.6) is 0 Å². The Morgan fingerprint density at radius 3 is 2.67 bits per heavy atom. The van der Waals surface area contributed by atoms with E-state index in [0.717, 1.165) is 24.9 Å². The molecule has 1 aromatic carbocycles. The van der Waals surface area contributed by atoms with E-state index < -0.39 is 0 Å². The summed E-state index contributed by atoms with van der Waals surface area (Å²) in [5.41, 5.74) is 0.880. The van der Waals surface area contributed by atoms with Crippen molar-refractivity contribution in [2.75, 3.05) is 13.2 Å². The van der Waals surface area contributed by atoms with Gasteiger partial charge in [0.25, 0.3) is 0 Å². The molecule has 21 heavy (non-hydrogen) atoms. The van der Waals surface area contributed by atoms with E-state index in [-0.39, 0.29) is 24.0 Å². The number of nitrogens with one attached hydrogen (secondary N) is 2. The Balaban J connectivity index is 1.65. The van der Waals surface area contributed by atoms with Gasteiger partial charge in [0, 0.05) is 13.2 Å². The van der Waals surface area contributed by atoms with Crippen LogP contribution in [-0.4, -0.2) is 25.3 Å². The number of urea groups is 1. The van der Waals surface area contributed by atoms with Crippen LogP contribution >= 0.6 is 0 Å². The molecule has 0 unspecified atom stereocenters. The highest BCUT2D eigenvalue weighted by atomic mass is 19.1. The fraction of sp³-hybridized carbons (Fsp3) is 0.562. The Morgan fingerprint density at radius 2 is 2.05 bits per heavy atom. The largest absolute Gasteiger partial charge is 0.376 e. The Bertz CT molecular complexity index is 482. The van der Waals surface area contributed by atoms with Crippen LogP contribution < -0.4 is 10.6 Å². The van der Waals surface area contributed by atoms with Gasteiger partial charge in [0.05, 0.1) is 12.1 Å². The van der Waals surface area contributed by atoms with Crippen molar-refractivity contribution in [3.8, 4) is 0 Å². The highest BCUT2D eigenvalue weighted by molar-refractivity contribution is 5.74. The lowest BCUT2D eigenvalue weighted by Crippen LogP contribution is -2.42. The minimum atomic E-state index is -0.275. The molecule has 0 aromatic heterocycles. The number of ether oxygens (including phenoxy) is 1. The van der Waals surface area contributed by atoms with Crippen molar-refractivity contribution in [1.82, 2.24) is 10.6 Å². The van der Waals surface area contributed by atoms with Crippen LogP contribution in [0.3, 0.4) is 0 Å². The molecule has 2 aliphatic rings. The van der Waals surface area contributed by atoms with Crippen molar-refractivity contribution >= 4 is 6.03 Å². The summed E-state index contributed by atoms with van der Waals surface area (Å²) < 4.78 is 18.8.